The lowest BCUT2D eigenvalue weighted by atomic mass is 10.5. The molecule has 0 aromatic carbocycles. The number of aromatic nitrogens is 1. The van der Waals surface area contributed by atoms with Crippen LogP contribution in [0.25, 0.3) is 0 Å². The molecule has 15 heavy (non-hydrogen) atoms. The minimum Gasteiger partial charge on any atom is -0.250 e. The number of rotatable bonds is 3. The van der Waals surface area contributed by atoms with E-state index in [4.69, 9.17) is 9.79 Å². The van der Waals surface area contributed by atoms with Crippen molar-refractivity contribution in [2.24, 2.45) is 0 Å². The van der Waals surface area contributed by atoms with Gasteiger partial charge in [-0.1, -0.05) is 6.07 Å². The van der Waals surface area contributed by atoms with Gasteiger partial charge in [0.1, 0.15) is 0 Å². The van der Waals surface area contributed by atoms with E-state index in [2.05, 4.69) is 9.29 Å². The predicted molar refractivity (Wildman–Crippen MR) is 56.8 cm³/mol. The van der Waals surface area contributed by atoms with Crippen molar-refractivity contribution in [1.82, 2.24) is 4.98 Å². The van der Waals surface area contributed by atoms with Crippen molar-refractivity contribution in [3.05, 3.63) is 24.4 Å². The SMILES string of the molecule is CSc1ccccn1.O=[P+](O)O[P+](=O)O. The van der Waals surface area contributed by atoms with E-state index in [9.17, 15) is 9.13 Å². The molecule has 1 aromatic heterocycles. The van der Waals surface area contributed by atoms with E-state index >= 15 is 0 Å². The molecule has 0 bridgehead atoms. The van der Waals surface area contributed by atoms with Crippen molar-refractivity contribution in [2.45, 2.75) is 5.03 Å². The van der Waals surface area contributed by atoms with E-state index in [0.29, 0.717) is 0 Å². The maximum Gasteiger partial charge on any atom is 0.745 e. The summed E-state index contributed by atoms with van der Waals surface area (Å²) < 4.78 is 22.2. The van der Waals surface area contributed by atoms with Crippen LogP contribution < -0.4 is 0 Å². The fourth-order valence-electron chi connectivity index (χ4n) is 0.528. The van der Waals surface area contributed by atoms with Crippen LogP contribution in [0.15, 0.2) is 29.4 Å². The lowest BCUT2D eigenvalue weighted by Crippen LogP contribution is -1.71. The molecule has 0 saturated carbocycles. The summed E-state index contributed by atoms with van der Waals surface area (Å²) in [4.78, 5) is 19.4. The van der Waals surface area contributed by atoms with E-state index in [-0.39, 0.29) is 0 Å². The highest BCUT2D eigenvalue weighted by Gasteiger charge is 2.31. The van der Waals surface area contributed by atoms with Crippen LogP contribution in [0.1, 0.15) is 0 Å². The second-order valence-corrected chi connectivity index (χ2v) is 4.36. The third kappa shape index (κ3) is 9.87. The van der Waals surface area contributed by atoms with Gasteiger partial charge in [-0.15, -0.1) is 21.5 Å². The molecular formula is C6H9NO5P2S+2. The smallest absolute Gasteiger partial charge is 0.250 e. The van der Waals surface area contributed by atoms with Crippen LogP contribution in [0.2, 0.25) is 0 Å². The molecule has 1 aromatic rings. The summed E-state index contributed by atoms with van der Waals surface area (Å²) in [6.45, 7) is 0. The molecule has 0 aliphatic rings. The Morgan fingerprint density at radius 3 is 2.13 bits per heavy atom. The molecule has 0 fully saturated rings. The Balaban J connectivity index is 0.000000265. The zero-order valence-corrected chi connectivity index (χ0v) is 10.3. The Morgan fingerprint density at radius 1 is 1.33 bits per heavy atom. The Hall–Kier alpha value is -0.420. The average molecular weight is 269 g/mol. The predicted octanol–water partition coefficient (Wildman–Crippen LogP) is 2.11. The molecule has 2 N–H and O–H groups in total. The van der Waals surface area contributed by atoms with Gasteiger partial charge >= 0.3 is 16.5 Å². The van der Waals surface area contributed by atoms with Crippen LogP contribution in [-0.2, 0) is 13.4 Å². The summed E-state index contributed by atoms with van der Waals surface area (Å²) in [5.41, 5.74) is 0. The molecule has 0 amide bonds. The van der Waals surface area contributed by atoms with Gasteiger partial charge in [0, 0.05) is 15.3 Å². The Morgan fingerprint density at radius 2 is 1.93 bits per heavy atom. The molecule has 0 spiro atoms. The molecule has 0 saturated heterocycles. The minimum absolute atomic E-state index is 1.08. The van der Waals surface area contributed by atoms with Gasteiger partial charge in [-0.05, 0) is 18.4 Å². The topological polar surface area (TPSA) is 96.7 Å². The van der Waals surface area contributed by atoms with Gasteiger partial charge in [-0.25, -0.2) is 4.98 Å². The van der Waals surface area contributed by atoms with Gasteiger partial charge in [-0.3, -0.25) is 0 Å². The zero-order chi connectivity index (χ0) is 11.7. The first-order valence-corrected chi connectivity index (χ1v) is 7.00. The van der Waals surface area contributed by atoms with Crippen molar-refractivity contribution in [3.63, 3.8) is 0 Å². The minimum atomic E-state index is -2.92. The summed E-state index contributed by atoms with van der Waals surface area (Å²) in [7, 11) is -5.85. The first kappa shape index (κ1) is 14.6. The normalized spacial score (nSPS) is 11.1. The monoisotopic (exact) mass is 269 g/mol. The summed E-state index contributed by atoms with van der Waals surface area (Å²) in [6, 6.07) is 5.89. The molecule has 6 nitrogen and oxygen atoms in total. The highest BCUT2D eigenvalue weighted by atomic mass is 32.2. The van der Waals surface area contributed by atoms with E-state index in [1.165, 1.54) is 0 Å². The van der Waals surface area contributed by atoms with Crippen LogP contribution in [0.3, 0.4) is 0 Å². The fourth-order valence-corrected chi connectivity index (χ4v) is 1.39. The molecule has 82 valence electrons. The maximum atomic E-state index is 9.39. The first-order valence-electron chi connectivity index (χ1n) is 3.51. The summed E-state index contributed by atoms with van der Waals surface area (Å²) in [5, 5.41) is 1.08. The van der Waals surface area contributed by atoms with E-state index in [0.717, 1.165) is 5.03 Å². The number of hydrogen-bond acceptors (Lipinski definition) is 5. The van der Waals surface area contributed by atoms with Crippen molar-refractivity contribution in [1.29, 1.82) is 0 Å². The standard InChI is InChI=1S/C6H7NS.O5P2/c1-8-6-4-2-3-5-7-6;1-6(2)5-7(3)4/h2-5H,1H3;/p+2. The first-order chi connectivity index (χ1) is 7.06. The Kier molecular flexibility index (Phi) is 8.61. The van der Waals surface area contributed by atoms with Gasteiger partial charge in [-0.2, -0.15) is 0 Å². The second-order valence-electron chi connectivity index (χ2n) is 1.93. The fraction of sp³-hybridized carbons (Fsp3) is 0.167. The van der Waals surface area contributed by atoms with Crippen molar-refractivity contribution >= 4 is 28.3 Å². The highest BCUT2D eigenvalue weighted by Crippen LogP contribution is 2.30. The second kappa shape index (κ2) is 8.85. The number of nitrogens with zero attached hydrogens (tertiary/aromatic N) is 1. The average Bonchev–Trinajstić information content (AvgIpc) is 2.18. The number of thioether (sulfide) groups is 1. The molecule has 2 atom stereocenters. The van der Waals surface area contributed by atoms with Gasteiger partial charge in [0.15, 0.2) is 4.31 Å². The molecule has 0 radical (unpaired) electrons. The Bertz CT molecular complexity index is 311. The third-order valence-corrected chi connectivity index (χ3v) is 2.76. The van der Waals surface area contributed by atoms with Gasteiger partial charge in [0.2, 0.25) is 0 Å². The van der Waals surface area contributed by atoms with Crippen LogP contribution in [0, 0.1) is 0 Å². The molecule has 0 aliphatic heterocycles. The number of hydrogen-bond donors (Lipinski definition) is 2. The lowest BCUT2D eigenvalue weighted by Gasteiger charge is -1.88. The van der Waals surface area contributed by atoms with Crippen molar-refractivity contribution in [2.75, 3.05) is 6.26 Å². The van der Waals surface area contributed by atoms with E-state index in [1.807, 2.05) is 24.5 Å². The van der Waals surface area contributed by atoms with Gasteiger partial charge in [0.25, 0.3) is 0 Å². The van der Waals surface area contributed by atoms with E-state index in [1.54, 1.807) is 18.0 Å². The largest absolute Gasteiger partial charge is 0.745 e. The molecule has 2 unspecified atom stereocenters. The van der Waals surface area contributed by atoms with Gasteiger partial charge < -0.3 is 0 Å². The molecular weight excluding hydrogens is 260 g/mol. The van der Waals surface area contributed by atoms with Crippen molar-refractivity contribution < 1.29 is 23.2 Å². The van der Waals surface area contributed by atoms with Crippen LogP contribution in [0.5, 0.6) is 0 Å². The summed E-state index contributed by atoms with van der Waals surface area (Å²) >= 11 is 1.66. The summed E-state index contributed by atoms with van der Waals surface area (Å²) in [5.74, 6) is 0. The maximum absolute atomic E-state index is 9.39. The molecule has 1 rings (SSSR count). The number of pyridine rings is 1. The molecule has 1 heterocycles. The molecule has 0 aliphatic carbocycles. The molecule has 9 heteroatoms. The van der Waals surface area contributed by atoms with Gasteiger partial charge in [0.05, 0.1) is 5.03 Å². The zero-order valence-electron chi connectivity index (χ0n) is 7.68. The third-order valence-electron chi connectivity index (χ3n) is 0.987. The van der Waals surface area contributed by atoms with Crippen molar-refractivity contribution in [3.8, 4) is 0 Å². The highest BCUT2D eigenvalue weighted by molar-refractivity contribution is 7.98. The van der Waals surface area contributed by atoms with E-state index < -0.39 is 16.5 Å². The van der Waals surface area contributed by atoms with Crippen LogP contribution >= 0.6 is 28.3 Å². The quantitative estimate of drug-likeness (QED) is 0.640. The van der Waals surface area contributed by atoms with Crippen LogP contribution in [0.4, 0.5) is 0 Å². The Labute approximate surface area is 92.6 Å². The summed E-state index contributed by atoms with van der Waals surface area (Å²) in [6.07, 6.45) is 3.81. The van der Waals surface area contributed by atoms with Crippen LogP contribution in [-0.4, -0.2) is 21.0 Å². The lowest BCUT2D eigenvalue weighted by molar-refractivity contribution is 0.371.